The van der Waals surface area contributed by atoms with Crippen molar-refractivity contribution in [3.05, 3.63) is 65.0 Å². The van der Waals surface area contributed by atoms with Crippen LogP contribution in [0.25, 0.3) is 0 Å². The highest BCUT2D eigenvalue weighted by atomic mass is 19.1. The second kappa shape index (κ2) is 11.6. The summed E-state index contributed by atoms with van der Waals surface area (Å²) in [4.78, 5) is 70.1. The molecule has 2 heterocycles. The fraction of sp³-hybridized carbons (Fsp3) is 0.514. The van der Waals surface area contributed by atoms with Gasteiger partial charge < -0.3 is 24.6 Å². The molecular weight excluding hydrogens is 607 g/mol. The highest BCUT2D eigenvalue weighted by Crippen LogP contribution is 2.46. The number of benzene rings is 2. The van der Waals surface area contributed by atoms with E-state index in [1.165, 1.54) is 17.0 Å². The Morgan fingerprint density at radius 1 is 1.11 bits per heavy atom. The molecule has 6 rings (SSSR count). The summed E-state index contributed by atoms with van der Waals surface area (Å²) in [6, 6.07) is 10.9. The summed E-state index contributed by atoms with van der Waals surface area (Å²) >= 11 is 0. The molecule has 47 heavy (non-hydrogen) atoms. The number of fused-ring (bicyclic) bond motifs is 2. The predicted molar refractivity (Wildman–Crippen MR) is 168 cm³/mol. The van der Waals surface area contributed by atoms with Crippen molar-refractivity contribution in [1.82, 2.24) is 14.7 Å². The number of carbonyl (C=O) groups is 5. The van der Waals surface area contributed by atoms with E-state index in [0.717, 1.165) is 28.9 Å². The Bertz CT molecular complexity index is 1630. The third kappa shape index (κ3) is 6.29. The lowest BCUT2D eigenvalue weighted by atomic mass is 9.81. The number of rotatable bonds is 8. The molecule has 4 aliphatic rings. The average molecular weight is 649 g/mol. The first-order valence-corrected chi connectivity index (χ1v) is 16.1. The topological polar surface area (TPSA) is 126 Å². The lowest BCUT2D eigenvalue weighted by Crippen LogP contribution is -2.62. The van der Waals surface area contributed by atoms with Crippen molar-refractivity contribution in [2.24, 2.45) is 11.3 Å². The molecule has 2 aliphatic heterocycles. The van der Waals surface area contributed by atoms with Gasteiger partial charge >= 0.3 is 12.2 Å². The third-order valence-electron chi connectivity index (χ3n) is 9.57. The van der Waals surface area contributed by atoms with Gasteiger partial charge in [-0.05, 0) is 95.2 Å². The van der Waals surface area contributed by atoms with Gasteiger partial charge in [-0.15, -0.1) is 0 Å². The van der Waals surface area contributed by atoms with E-state index in [4.69, 9.17) is 9.47 Å². The monoisotopic (exact) mass is 648 g/mol. The van der Waals surface area contributed by atoms with Crippen LogP contribution in [0.4, 0.5) is 19.7 Å². The van der Waals surface area contributed by atoms with E-state index in [-0.39, 0.29) is 49.7 Å². The van der Waals surface area contributed by atoms with Crippen LogP contribution in [0.5, 0.6) is 0 Å². The minimum absolute atomic E-state index is 0.112. The highest BCUT2D eigenvalue weighted by Gasteiger charge is 2.58. The largest absolute Gasteiger partial charge is 0.444 e. The molecule has 2 aromatic rings. The Morgan fingerprint density at radius 2 is 1.79 bits per heavy atom. The minimum Gasteiger partial charge on any atom is -0.444 e. The minimum atomic E-state index is -1.53. The maximum Gasteiger partial charge on any atom is 0.418 e. The van der Waals surface area contributed by atoms with Crippen molar-refractivity contribution < 1.29 is 37.8 Å². The Hall–Kier alpha value is -4.48. The second-order valence-electron chi connectivity index (χ2n) is 14.5. The number of carbonyl (C=O) groups excluding carboxylic acids is 5. The normalized spacial score (nSPS) is 22.0. The smallest absolute Gasteiger partial charge is 0.418 e. The number of likely N-dealkylation sites (tertiary alicyclic amines) is 1. The van der Waals surface area contributed by atoms with Gasteiger partial charge in [0, 0.05) is 43.3 Å². The van der Waals surface area contributed by atoms with Crippen molar-refractivity contribution in [3.8, 4) is 0 Å². The Labute approximate surface area is 273 Å². The van der Waals surface area contributed by atoms with Gasteiger partial charge in [0.2, 0.25) is 17.4 Å². The van der Waals surface area contributed by atoms with E-state index < -0.39 is 41.3 Å². The van der Waals surface area contributed by atoms with Crippen LogP contribution < -0.4 is 5.32 Å². The summed E-state index contributed by atoms with van der Waals surface area (Å²) in [7, 11) is 0. The number of nitrogens with one attached hydrogen (secondary N) is 1. The summed E-state index contributed by atoms with van der Waals surface area (Å²) in [5.74, 6) is -1.26. The van der Waals surface area contributed by atoms with Crippen molar-refractivity contribution in [2.45, 2.75) is 84.1 Å². The summed E-state index contributed by atoms with van der Waals surface area (Å²) < 4.78 is 24.6. The lowest BCUT2D eigenvalue weighted by molar-refractivity contribution is -0.143. The number of nitrogens with zero attached hydrogens (tertiary/aromatic N) is 3. The molecule has 250 valence electrons. The molecule has 0 bridgehead atoms. The fourth-order valence-corrected chi connectivity index (χ4v) is 6.71. The van der Waals surface area contributed by atoms with Crippen LogP contribution in [-0.2, 0) is 42.4 Å². The molecule has 3 fully saturated rings. The van der Waals surface area contributed by atoms with E-state index in [1.54, 1.807) is 62.9 Å². The van der Waals surface area contributed by atoms with Gasteiger partial charge in [-0.2, -0.15) is 0 Å². The first-order chi connectivity index (χ1) is 22.1. The quantitative estimate of drug-likeness (QED) is 0.429. The molecule has 0 radical (unpaired) electrons. The van der Waals surface area contributed by atoms with Gasteiger partial charge in [-0.1, -0.05) is 18.2 Å². The van der Waals surface area contributed by atoms with Crippen LogP contribution in [-0.4, -0.2) is 75.9 Å². The second-order valence-corrected chi connectivity index (χ2v) is 14.5. The number of ether oxygens (including phenoxy) is 2. The van der Waals surface area contributed by atoms with Gasteiger partial charge in [0.25, 0.3) is 5.91 Å². The van der Waals surface area contributed by atoms with Gasteiger partial charge in [0.05, 0.1) is 5.41 Å². The predicted octanol–water partition coefficient (Wildman–Crippen LogP) is 4.97. The van der Waals surface area contributed by atoms with Crippen LogP contribution in [0.3, 0.4) is 0 Å². The fourth-order valence-electron chi connectivity index (χ4n) is 6.71. The van der Waals surface area contributed by atoms with Crippen molar-refractivity contribution in [1.29, 1.82) is 0 Å². The van der Waals surface area contributed by atoms with Crippen LogP contribution >= 0.6 is 0 Å². The third-order valence-corrected chi connectivity index (χ3v) is 9.57. The molecule has 2 aromatic carbocycles. The molecule has 1 unspecified atom stereocenters. The van der Waals surface area contributed by atoms with E-state index in [2.05, 4.69) is 5.32 Å². The molecule has 1 N–H and O–H groups in total. The molecule has 12 heteroatoms. The summed E-state index contributed by atoms with van der Waals surface area (Å²) in [5, 5.41) is 2.92. The number of aryl methyl sites for hydroxylation is 1. The van der Waals surface area contributed by atoms with E-state index in [1.807, 2.05) is 6.92 Å². The number of hydrogen-bond donors (Lipinski definition) is 1. The summed E-state index contributed by atoms with van der Waals surface area (Å²) in [6.07, 6.45) is 1.29. The molecule has 2 saturated heterocycles. The zero-order valence-corrected chi connectivity index (χ0v) is 27.4. The van der Waals surface area contributed by atoms with Crippen LogP contribution in [0, 0.1) is 17.2 Å². The Balaban J connectivity index is 1.12. The van der Waals surface area contributed by atoms with Gasteiger partial charge in [0.1, 0.15) is 18.0 Å². The first-order valence-electron chi connectivity index (χ1n) is 16.1. The van der Waals surface area contributed by atoms with Gasteiger partial charge in [-0.25, -0.2) is 18.9 Å². The standard InChI is InChI=1S/C35H41FN4O7/c1-21(23-8-9-23)39(17-22-6-10-25(36)11-7-22)28(41)18-40-30(43)35(47-32(40)45)15-14-24-16-26(12-13-27(24)35)37-29(42)34(5)19-38(20-34)31(44)46-33(2,3)4/h6-7,10-13,16,21,23H,8-9,14-15,17-20H2,1-5H3,(H,37,42)/t21-,35?/m0/s1. The van der Waals surface area contributed by atoms with E-state index in [0.29, 0.717) is 23.6 Å². The van der Waals surface area contributed by atoms with Crippen LogP contribution in [0.2, 0.25) is 0 Å². The maximum absolute atomic E-state index is 13.8. The van der Waals surface area contributed by atoms with Crippen LogP contribution in [0.1, 0.15) is 70.6 Å². The van der Waals surface area contributed by atoms with Crippen molar-refractivity contribution in [3.63, 3.8) is 0 Å². The number of hydrogen-bond acceptors (Lipinski definition) is 7. The van der Waals surface area contributed by atoms with Crippen molar-refractivity contribution in [2.75, 3.05) is 25.0 Å². The zero-order valence-electron chi connectivity index (χ0n) is 27.4. The summed E-state index contributed by atoms with van der Waals surface area (Å²) in [6.45, 7) is 9.31. The van der Waals surface area contributed by atoms with Crippen LogP contribution in [0.15, 0.2) is 42.5 Å². The molecule has 1 spiro atoms. The average Bonchev–Trinajstić information content (AvgIpc) is 3.74. The Kier molecular flexibility index (Phi) is 8.04. The van der Waals surface area contributed by atoms with Crippen molar-refractivity contribution >= 4 is 35.6 Å². The molecular formula is C35H41FN4O7. The lowest BCUT2D eigenvalue weighted by Gasteiger charge is -2.46. The molecule has 0 aromatic heterocycles. The number of amides is 5. The molecule has 11 nitrogen and oxygen atoms in total. The van der Waals surface area contributed by atoms with Gasteiger partial charge in [0.15, 0.2) is 0 Å². The highest BCUT2D eigenvalue weighted by molar-refractivity contribution is 6.06. The number of imide groups is 1. The van der Waals surface area contributed by atoms with E-state index >= 15 is 0 Å². The van der Waals surface area contributed by atoms with Gasteiger partial charge in [-0.3, -0.25) is 14.4 Å². The molecule has 5 amide bonds. The first kappa shape index (κ1) is 32.5. The number of anilines is 1. The van der Waals surface area contributed by atoms with E-state index in [9.17, 15) is 28.4 Å². The maximum atomic E-state index is 13.8. The molecule has 2 aliphatic carbocycles. The summed E-state index contributed by atoms with van der Waals surface area (Å²) in [5.41, 5.74) is -0.392. The molecule has 1 saturated carbocycles. The number of halogens is 1. The zero-order chi connectivity index (χ0) is 33.9. The molecule has 2 atom stereocenters. The SMILES string of the molecule is C[C@@H](C1CC1)N(Cc1ccc(F)cc1)C(=O)CN1C(=O)OC2(CCc3cc(NC(=O)C4(C)CN(C(=O)OC(C)(C)C)C4)ccc32)C1=O. The Morgan fingerprint density at radius 3 is 2.43 bits per heavy atom.